The molecule has 2 rings (SSSR count). The van der Waals surface area contributed by atoms with Crippen LogP contribution in [-0.2, 0) is 10.2 Å². The third-order valence-corrected chi connectivity index (χ3v) is 4.63. The largest absolute Gasteiger partial charge is 0.496 e. The molecule has 0 saturated carbocycles. The van der Waals surface area contributed by atoms with Crippen molar-refractivity contribution in [3.63, 3.8) is 0 Å². The molecule has 4 nitrogen and oxygen atoms in total. The fraction of sp³-hybridized carbons (Fsp3) is 0.435. The zero-order valence-corrected chi connectivity index (χ0v) is 17.2. The van der Waals surface area contributed by atoms with Gasteiger partial charge >= 0.3 is 0 Å². The van der Waals surface area contributed by atoms with Gasteiger partial charge in [0.1, 0.15) is 11.5 Å². The van der Waals surface area contributed by atoms with Gasteiger partial charge in [-0.1, -0.05) is 58.0 Å². The Labute approximate surface area is 162 Å². The fourth-order valence-corrected chi connectivity index (χ4v) is 2.93. The molecule has 0 spiro atoms. The average Bonchev–Trinajstić information content (AvgIpc) is 2.65. The van der Waals surface area contributed by atoms with E-state index < -0.39 is 6.10 Å². The van der Waals surface area contributed by atoms with Crippen molar-refractivity contribution in [1.82, 2.24) is 5.32 Å². The van der Waals surface area contributed by atoms with Crippen molar-refractivity contribution in [2.24, 2.45) is 0 Å². The normalized spacial score (nSPS) is 13.6. The standard InChI is InChI=1S/C23H31NO3/c1-7-20(27-18-14-12-17(13-15-18)23(3,4)5)22(25)24-16(2)19-10-8-9-11-21(19)26-6/h8-16,20H,7H2,1-6H3,(H,24,25)/t16-,20-/m1/s1. The Morgan fingerprint density at radius 1 is 1.07 bits per heavy atom. The first kappa shape index (κ1) is 20.8. The quantitative estimate of drug-likeness (QED) is 0.745. The molecule has 146 valence electrons. The molecule has 0 bridgehead atoms. The lowest BCUT2D eigenvalue weighted by atomic mass is 9.87. The lowest BCUT2D eigenvalue weighted by Gasteiger charge is -2.23. The molecule has 2 aromatic carbocycles. The molecular formula is C23H31NO3. The highest BCUT2D eigenvalue weighted by Gasteiger charge is 2.22. The number of hydrogen-bond donors (Lipinski definition) is 1. The first-order chi connectivity index (χ1) is 12.8. The van der Waals surface area contributed by atoms with Crippen molar-refractivity contribution in [1.29, 1.82) is 0 Å². The van der Waals surface area contributed by atoms with Crippen molar-refractivity contribution < 1.29 is 14.3 Å². The Kier molecular flexibility index (Phi) is 6.89. The molecule has 0 fully saturated rings. The third kappa shape index (κ3) is 5.49. The summed E-state index contributed by atoms with van der Waals surface area (Å²) in [6.45, 7) is 10.4. The van der Waals surface area contributed by atoms with Gasteiger partial charge in [0.2, 0.25) is 0 Å². The van der Waals surface area contributed by atoms with Gasteiger partial charge in [-0.25, -0.2) is 0 Å². The van der Waals surface area contributed by atoms with E-state index in [9.17, 15) is 4.79 Å². The van der Waals surface area contributed by atoms with Crippen LogP contribution in [-0.4, -0.2) is 19.1 Å². The van der Waals surface area contributed by atoms with Crippen LogP contribution in [0.4, 0.5) is 0 Å². The van der Waals surface area contributed by atoms with E-state index in [0.717, 1.165) is 11.3 Å². The molecule has 4 heteroatoms. The Morgan fingerprint density at radius 3 is 2.26 bits per heavy atom. The molecule has 0 heterocycles. The van der Waals surface area contributed by atoms with E-state index in [2.05, 4.69) is 38.2 Å². The molecule has 2 atom stereocenters. The second kappa shape index (κ2) is 8.94. The van der Waals surface area contributed by atoms with E-state index >= 15 is 0 Å². The molecule has 27 heavy (non-hydrogen) atoms. The number of carbonyl (C=O) groups excluding carboxylic acids is 1. The highest BCUT2D eigenvalue weighted by molar-refractivity contribution is 5.81. The van der Waals surface area contributed by atoms with Crippen LogP contribution < -0.4 is 14.8 Å². The molecule has 0 unspecified atom stereocenters. The number of hydrogen-bond acceptors (Lipinski definition) is 3. The molecular weight excluding hydrogens is 338 g/mol. The van der Waals surface area contributed by atoms with E-state index in [-0.39, 0.29) is 17.4 Å². The van der Waals surface area contributed by atoms with Crippen molar-refractivity contribution in [3.05, 3.63) is 59.7 Å². The topological polar surface area (TPSA) is 47.6 Å². The number of para-hydroxylation sites is 1. The number of amides is 1. The Bertz CT molecular complexity index is 747. The lowest BCUT2D eigenvalue weighted by molar-refractivity contribution is -0.128. The molecule has 0 aliphatic rings. The van der Waals surface area contributed by atoms with Crippen LogP contribution in [0.3, 0.4) is 0 Å². The van der Waals surface area contributed by atoms with E-state index in [1.54, 1.807) is 7.11 Å². The number of carbonyl (C=O) groups is 1. The number of ether oxygens (including phenoxy) is 2. The second-order valence-corrected chi connectivity index (χ2v) is 7.76. The summed E-state index contributed by atoms with van der Waals surface area (Å²) in [4.78, 5) is 12.7. The van der Waals surface area contributed by atoms with E-state index in [1.807, 2.05) is 50.2 Å². The maximum Gasteiger partial charge on any atom is 0.261 e. The minimum Gasteiger partial charge on any atom is -0.496 e. The fourth-order valence-electron chi connectivity index (χ4n) is 2.93. The third-order valence-electron chi connectivity index (χ3n) is 4.63. The van der Waals surface area contributed by atoms with Crippen molar-refractivity contribution in [2.45, 2.75) is 58.6 Å². The Morgan fingerprint density at radius 2 is 1.70 bits per heavy atom. The number of nitrogens with one attached hydrogen (secondary N) is 1. The summed E-state index contributed by atoms with van der Waals surface area (Å²) in [5.41, 5.74) is 2.26. The van der Waals surface area contributed by atoms with Crippen molar-refractivity contribution in [3.8, 4) is 11.5 Å². The summed E-state index contributed by atoms with van der Waals surface area (Å²) in [6, 6.07) is 15.5. The van der Waals surface area contributed by atoms with Crippen LogP contribution in [0.15, 0.2) is 48.5 Å². The SMILES string of the molecule is CC[C@@H](Oc1ccc(C(C)(C)C)cc1)C(=O)N[C@H](C)c1ccccc1OC. The second-order valence-electron chi connectivity index (χ2n) is 7.76. The minimum absolute atomic E-state index is 0.0875. The first-order valence-corrected chi connectivity index (χ1v) is 9.46. The summed E-state index contributed by atoms with van der Waals surface area (Å²) in [6.07, 6.45) is 0.0496. The van der Waals surface area contributed by atoms with Crippen LogP contribution in [0.25, 0.3) is 0 Å². The summed E-state index contributed by atoms with van der Waals surface area (Å²) in [5, 5.41) is 3.03. The molecule has 0 aliphatic carbocycles. The molecule has 0 aromatic heterocycles. The molecule has 0 aliphatic heterocycles. The lowest BCUT2D eigenvalue weighted by Crippen LogP contribution is -2.39. The first-order valence-electron chi connectivity index (χ1n) is 9.46. The van der Waals surface area contributed by atoms with Gasteiger partial charge in [-0.3, -0.25) is 4.79 Å². The van der Waals surface area contributed by atoms with Crippen LogP contribution in [0.2, 0.25) is 0 Å². The monoisotopic (exact) mass is 369 g/mol. The van der Waals surface area contributed by atoms with Gasteiger partial charge in [0.25, 0.3) is 5.91 Å². The van der Waals surface area contributed by atoms with E-state index in [1.165, 1.54) is 5.56 Å². The smallest absolute Gasteiger partial charge is 0.261 e. The van der Waals surface area contributed by atoms with Gasteiger partial charge < -0.3 is 14.8 Å². The molecule has 0 radical (unpaired) electrons. The van der Waals surface area contributed by atoms with Gasteiger partial charge in [0.05, 0.1) is 13.2 Å². The summed E-state index contributed by atoms with van der Waals surface area (Å²) < 4.78 is 11.3. The molecule has 1 N–H and O–H groups in total. The molecule has 0 saturated heterocycles. The zero-order chi connectivity index (χ0) is 20.0. The van der Waals surface area contributed by atoms with Gasteiger partial charge in [0.15, 0.2) is 6.10 Å². The predicted octanol–water partition coefficient (Wildman–Crippen LogP) is 5.03. The summed E-state index contributed by atoms with van der Waals surface area (Å²) in [5.74, 6) is 1.34. The number of benzene rings is 2. The van der Waals surface area contributed by atoms with Crippen molar-refractivity contribution >= 4 is 5.91 Å². The predicted molar refractivity (Wildman–Crippen MR) is 109 cm³/mol. The van der Waals surface area contributed by atoms with Crippen LogP contribution in [0.5, 0.6) is 11.5 Å². The van der Waals surface area contributed by atoms with Crippen molar-refractivity contribution in [2.75, 3.05) is 7.11 Å². The maximum atomic E-state index is 12.7. The van der Waals surface area contributed by atoms with Gasteiger partial charge in [-0.2, -0.15) is 0 Å². The van der Waals surface area contributed by atoms with E-state index in [0.29, 0.717) is 12.2 Å². The number of rotatable bonds is 7. The minimum atomic E-state index is -0.539. The van der Waals surface area contributed by atoms with Crippen LogP contribution >= 0.6 is 0 Å². The Hall–Kier alpha value is -2.49. The Balaban J connectivity index is 2.05. The summed E-state index contributed by atoms with van der Waals surface area (Å²) in [7, 11) is 1.63. The number of methoxy groups -OCH3 is 1. The highest BCUT2D eigenvalue weighted by Crippen LogP contribution is 2.26. The van der Waals surface area contributed by atoms with E-state index in [4.69, 9.17) is 9.47 Å². The van der Waals surface area contributed by atoms with Gasteiger partial charge in [-0.15, -0.1) is 0 Å². The summed E-state index contributed by atoms with van der Waals surface area (Å²) >= 11 is 0. The molecule has 1 amide bonds. The molecule has 2 aromatic rings. The highest BCUT2D eigenvalue weighted by atomic mass is 16.5. The maximum absolute atomic E-state index is 12.7. The van der Waals surface area contributed by atoms with Crippen LogP contribution in [0.1, 0.15) is 58.2 Å². The van der Waals surface area contributed by atoms with Crippen LogP contribution in [0, 0.1) is 0 Å². The van der Waals surface area contributed by atoms with Gasteiger partial charge in [0, 0.05) is 5.56 Å². The van der Waals surface area contributed by atoms with Gasteiger partial charge in [-0.05, 0) is 42.5 Å². The zero-order valence-electron chi connectivity index (χ0n) is 17.2. The average molecular weight is 370 g/mol.